The molecule has 1 aliphatic rings. The van der Waals surface area contributed by atoms with Crippen molar-refractivity contribution in [2.24, 2.45) is 20.9 Å². The molecule has 0 radical (unpaired) electrons. The van der Waals surface area contributed by atoms with Crippen LogP contribution in [0.5, 0.6) is 0 Å². The number of ether oxygens (including phenoxy) is 2. The number of nitrogens with one attached hydrogen (secondary N) is 1. The zero-order chi connectivity index (χ0) is 22.0. The molecule has 0 aliphatic carbocycles. The number of carbonyl (C=O) groups is 2. The fourth-order valence-corrected chi connectivity index (χ4v) is 5.96. The summed E-state index contributed by atoms with van der Waals surface area (Å²) < 4.78 is 27.7. The molecule has 0 fully saturated rings. The minimum absolute atomic E-state index is 0.000744. The normalized spacial score (nSPS) is 18.8. The monoisotopic (exact) mass is 429 g/mol. The number of carbonyl (C=O) groups excluding carboxylic acids is 2. The second-order valence-corrected chi connectivity index (χ2v) is 10.7. The Kier molecular flexibility index (Phi) is 10.3. The molecule has 8 nitrogen and oxygen atoms in total. The number of nitrogens with two attached hydrogens (primary N) is 1. The largest absolute Gasteiger partial charge is 0.378 e. The molecule has 0 spiro atoms. The highest BCUT2D eigenvalue weighted by atomic mass is 32.2. The molecule has 0 aromatic rings. The quantitative estimate of drug-likeness (QED) is 0.372. The van der Waals surface area contributed by atoms with Crippen molar-refractivity contribution < 1.29 is 23.3 Å². The lowest BCUT2D eigenvalue weighted by Crippen LogP contribution is -2.29. The van der Waals surface area contributed by atoms with Crippen molar-refractivity contribution in [3.63, 3.8) is 0 Å². The third-order valence-corrected chi connectivity index (χ3v) is 6.83. The lowest BCUT2D eigenvalue weighted by molar-refractivity contribution is -0.125. The molecule has 29 heavy (non-hydrogen) atoms. The molecule has 0 atom stereocenters. The third-order valence-electron chi connectivity index (χ3n) is 3.95. The van der Waals surface area contributed by atoms with E-state index in [-0.39, 0.29) is 30.3 Å². The van der Waals surface area contributed by atoms with Crippen molar-refractivity contribution in [1.82, 2.24) is 5.32 Å². The highest BCUT2D eigenvalue weighted by molar-refractivity contribution is 7.94. The molecular formula is C20H35N3O5S. The number of hydrogen-bond acceptors (Lipinski definition) is 6. The van der Waals surface area contributed by atoms with E-state index in [2.05, 4.69) is 21.5 Å². The third kappa shape index (κ3) is 11.3. The number of nitrogens with zero attached hydrogens (tertiary/aromatic N) is 1. The van der Waals surface area contributed by atoms with Gasteiger partial charge in [-0.2, -0.15) is 4.36 Å². The summed E-state index contributed by atoms with van der Waals surface area (Å²) in [6.45, 7) is 10.2. The first-order valence-corrected chi connectivity index (χ1v) is 11.7. The Labute approximate surface area is 174 Å². The van der Waals surface area contributed by atoms with Gasteiger partial charge in [0.25, 0.3) is 5.91 Å². The van der Waals surface area contributed by atoms with Crippen molar-refractivity contribution in [2.75, 3.05) is 51.0 Å². The van der Waals surface area contributed by atoms with E-state index in [0.717, 1.165) is 0 Å². The zero-order valence-corrected chi connectivity index (χ0v) is 18.9. The van der Waals surface area contributed by atoms with E-state index in [1.807, 2.05) is 27.7 Å². The standard InChI is InChI=1S/C20H35N3O5S/c1-19(2)7-8-20(3,4)16-29(26,15-19)23-18(25)6-5-17(24)22-10-12-28-14-13-27-11-9-21/h5-6,9-16,21H2,1-4H3,(H,22,24). The molecule has 166 valence electrons. The van der Waals surface area contributed by atoms with Gasteiger partial charge in [-0.15, -0.1) is 0 Å². The average Bonchev–Trinajstić information content (AvgIpc) is 2.67. The van der Waals surface area contributed by atoms with Crippen LogP contribution in [-0.2, 0) is 28.8 Å². The number of hydrogen-bond donors (Lipinski definition) is 2. The van der Waals surface area contributed by atoms with Crippen LogP contribution in [-0.4, -0.2) is 67.0 Å². The van der Waals surface area contributed by atoms with Gasteiger partial charge < -0.3 is 20.5 Å². The van der Waals surface area contributed by atoms with Gasteiger partial charge in [0.05, 0.1) is 36.2 Å². The van der Waals surface area contributed by atoms with Gasteiger partial charge in [0.15, 0.2) is 0 Å². The van der Waals surface area contributed by atoms with Crippen LogP contribution < -0.4 is 11.1 Å². The van der Waals surface area contributed by atoms with Crippen LogP contribution in [0.25, 0.3) is 0 Å². The van der Waals surface area contributed by atoms with Crippen molar-refractivity contribution in [2.45, 2.75) is 40.5 Å². The molecule has 1 rings (SSSR count). The first kappa shape index (κ1) is 25.6. The lowest BCUT2D eigenvalue weighted by Gasteiger charge is -2.21. The molecule has 0 aromatic heterocycles. The maximum absolute atomic E-state index is 13.2. The van der Waals surface area contributed by atoms with Gasteiger partial charge in [0, 0.05) is 48.3 Å². The Bertz CT molecular complexity index is 715. The molecule has 1 heterocycles. The SMILES string of the molecule is CC1(C)C#CC(C)(C)CS(=O)(=NC(=O)CCC(=O)NCCOCCOCCN)C1. The summed E-state index contributed by atoms with van der Waals surface area (Å²) in [5.74, 6) is 6.02. The molecular weight excluding hydrogens is 394 g/mol. The molecule has 3 N–H and O–H groups in total. The zero-order valence-electron chi connectivity index (χ0n) is 18.0. The fourth-order valence-electron chi connectivity index (χ4n) is 2.86. The van der Waals surface area contributed by atoms with Crippen LogP contribution in [0.4, 0.5) is 0 Å². The Balaban J connectivity index is 2.40. The number of rotatable bonds is 11. The van der Waals surface area contributed by atoms with Gasteiger partial charge in [-0.3, -0.25) is 9.59 Å². The van der Waals surface area contributed by atoms with Crippen molar-refractivity contribution >= 4 is 21.5 Å². The van der Waals surface area contributed by atoms with E-state index in [0.29, 0.717) is 39.5 Å². The molecule has 0 saturated heterocycles. The van der Waals surface area contributed by atoms with Crippen molar-refractivity contribution in [3.05, 3.63) is 0 Å². The predicted molar refractivity (Wildman–Crippen MR) is 114 cm³/mol. The van der Waals surface area contributed by atoms with E-state index in [1.54, 1.807) is 0 Å². The molecule has 2 amide bonds. The van der Waals surface area contributed by atoms with Crippen LogP contribution in [0.15, 0.2) is 4.36 Å². The van der Waals surface area contributed by atoms with E-state index in [4.69, 9.17) is 15.2 Å². The van der Waals surface area contributed by atoms with Crippen LogP contribution in [0.1, 0.15) is 40.5 Å². The van der Waals surface area contributed by atoms with Crippen LogP contribution in [0.3, 0.4) is 0 Å². The molecule has 9 heteroatoms. The highest BCUT2D eigenvalue weighted by Gasteiger charge is 2.32. The smallest absolute Gasteiger partial charge is 0.254 e. The Morgan fingerprint density at radius 2 is 1.55 bits per heavy atom. The minimum Gasteiger partial charge on any atom is -0.378 e. The van der Waals surface area contributed by atoms with E-state index >= 15 is 0 Å². The molecule has 0 bridgehead atoms. The summed E-state index contributed by atoms with van der Waals surface area (Å²) in [5, 5.41) is 2.68. The van der Waals surface area contributed by atoms with Crippen LogP contribution in [0, 0.1) is 22.7 Å². The van der Waals surface area contributed by atoms with Crippen molar-refractivity contribution in [1.29, 1.82) is 0 Å². The van der Waals surface area contributed by atoms with Crippen LogP contribution in [0.2, 0.25) is 0 Å². The molecule has 1 aliphatic heterocycles. The second kappa shape index (κ2) is 11.6. The summed E-state index contributed by atoms with van der Waals surface area (Å²) in [4.78, 5) is 24.1. The van der Waals surface area contributed by atoms with E-state index in [1.165, 1.54) is 0 Å². The first-order chi connectivity index (χ1) is 13.5. The maximum Gasteiger partial charge on any atom is 0.254 e. The van der Waals surface area contributed by atoms with Gasteiger partial charge in [-0.25, -0.2) is 4.21 Å². The Morgan fingerprint density at radius 3 is 2.10 bits per heavy atom. The van der Waals surface area contributed by atoms with Gasteiger partial charge >= 0.3 is 0 Å². The molecule has 0 saturated carbocycles. The van der Waals surface area contributed by atoms with Gasteiger partial charge in [0.2, 0.25) is 5.91 Å². The molecule has 0 unspecified atom stereocenters. The summed E-state index contributed by atoms with van der Waals surface area (Å²) >= 11 is 0. The second-order valence-electron chi connectivity index (χ2n) is 8.43. The maximum atomic E-state index is 13.2. The van der Waals surface area contributed by atoms with Crippen molar-refractivity contribution in [3.8, 4) is 11.8 Å². The summed E-state index contributed by atoms with van der Waals surface area (Å²) in [5.41, 5.74) is 4.36. The van der Waals surface area contributed by atoms with Gasteiger partial charge in [-0.05, 0) is 27.7 Å². The fraction of sp³-hybridized carbons (Fsp3) is 0.800. The Hall–Kier alpha value is -1.47. The predicted octanol–water partition coefficient (Wildman–Crippen LogP) is 0.939. The Morgan fingerprint density at radius 1 is 1.00 bits per heavy atom. The number of amides is 2. The lowest BCUT2D eigenvalue weighted by atomic mass is 9.92. The summed E-state index contributed by atoms with van der Waals surface area (Å²) in [6.07, 6.45) is -0.0704. The summed E-state index contributed by atoms with van der Waals surface area (Å²) in [7, 11) is -2.74. The van der Waals surface area contributed by atoms with E-state index in [9.17, 15) is 13.8 Å². The highest BCUT2D eigenvalue weighted by Crippen LogP contribution is 2.29. The van der Waals surface area contributed by atoms with Gasteiger partial charge in [0.1, 0.15) is 0 Å². The van der Waals surface area contributed by atoms with Crippen LogP contribution >= 0.6 is 0 Å². The summed E-state index contributed by atoms with van der Waals surface area (Å²) in [6, 6.07) is 0. The topological polar surface area (TPSA) is 120 Å². The van der Waals surface area contributed by atoms with Gasteiger partial charge in [-0.1, -0.05) is 11.8 Å². The minimum atomic E-state index is -2.74. The average molecular weight is 430 g/mol. The van der Waals surface area contributed by atoms with E-state index < -0.39 is 26.5 Å². The molecule has 0 aromatic carbocycles. The first-order valence-electron chi connectivity index (χ1n) is 9.89.